The van der Waals surface area contributed by atoms with Gasteiger partial charge in [0.2, 0.25) is 5.95 Å². The first-order chi connectivity index (χ1) is 18.0. The van der Waals surface area contributed by atoms with Gasteiger partial charge in [-0.25, -0.2) is 18.7 Å². The molecular formula is C29H29FN6O. The van der Waals surface area contributed by atoms with Crippen molar-refractivity contribution in [1.82, 2.24) is 24.5 Å². The zero-order valence-corrected chi connectivity index (χ0v) is 20.6. The number of nitrogens with one attached hydrogen (secondary N) is 1. The summed E-state index contributed by atoms with van der Waals surface area (Å²) in [5.41, 5.74) is 2.91. The third-order valence-electron chi connectivity index (χ3n) is 8.57. The van der Waals surface area contributed by atoms with E-state index in [1.54, 1.807) is 18.2 Å². The molecular weight excluding hydrogens is 467 g/mol. The highest BCUT2D eigenvalue weighted by atomic mass is 19.1. The second-order valence-corrected chi connectivity index (χ2v) is 11.2. The van der Waals surface area contributed by atoms with Gasteiger partial charge in [-0.1, -0.05) is 36.4 Å². The molecule has 1 N–H and O–H groups in total. The maximum atomic E-state index is 14.1. The fourth-order valence-corrected chi connectivity index (χ4v) is 7.44. The number of aromatic nitrogens is 5. The van der Waals surface area contributed by atoms with Gasteiger partial charge in [0.25, 0.3) is 5.91 Å². The number of nitrogens with zero attached hydrogens (tertiary/aromatic N) is 5. The van der Waals surface area contributed by atoms with Crippen molar-refractivity contribution in [2.24, 2.45) is 17.8 Å². The molecule has 4 aliphatic carbocycles. The number of carbonyl (C=O) groups is 1. The third-order valence-corrected chi connectivity index (χ3v) is 8.57. The molecule has 1 amide bonds. The second-order valence-electron chi connectivity index (χ2n) is 11.2. The summed E-state index contributed by atoms with van der Waals surface area (Å²) in [7, 11) is 0. The van der Waals surface area contributed by atoms with Crippen LogP contribution in [0.2, 0.25) is 0 Å². The summed E-state index contributed by atoms with van der Waals surface area (Å²) in [5.74, 6) is 1.86. The second kappa shape index (κ2) is 8.64. The van der Waals surface area contributed by atoms with Crippen LogP contribution in [0.5, 0.6) is 0 Å². The van der Waals surface area contributed by atoms with Crippen LogP contribution in [0.25, 0.3) is 5.69 Å². The summed E-state index contributed by atoms with van der Waals surface area (Å²) < 4.78 is 17.4. The van der Waals surface area contributed by atoms with Gasteiger partial charge in [-0.15, -0.1) is 5.10 Å². The lowest BCUT2D eigenvalue weighted by molar-refractivity contribution is -0.00765. The van der Waals surface area contributed by atoms with Crippen molar-refractivity contribution in [3.63, 3.8) is 0 Å². The Bertz CT molecular complexity index is 1420. The van der Waals surface area contributed by atoms with Crippen molar-refractivity contribution in [1.29, 1.82) is 0 Å². The quantitative estimate of drug-likeness (QED) is 0.389. The van der Waals surface area contributed by atoms with E-state index in [1.807, 2.05) is 41.2 Å². The van der Waals surface area contributed by atoms with E-state index in [0.717, 1.165) is 48.4 Å². The first-order valence-corrected chi connectivity index (χ1v) is 13.1. The molecule has 8 heteroatoms. The van der Waals surface area contributed by atoms with E-state index in [-0.39, 0.29) is 29.6 Å². The molecule has 2 aromatic carbocycles. The lowest BCUT2D eigenvalue weighted by Gasteiger charge is -2.56. The van der Waals surface area contributed by atoms with Crippen LogP contribution in [-0.4, -0.2) is 30.5 Å². The molecule has 7 nitrogen and oxygen atoms in total. The number of amides is 1. The van der Waals surface area contributed by atoms with Crippen LogP contribution in [0.1, 0.15) is 60.1 Å². The molecule has 37 heavy (non-hydrogen) atoms. The Hall–Kier alpha value is -3.81. The van der Waals surface area contributed by atoms with Crippen LogP contribution in [0.15, 0.2) is 67.1 Å². The van der Waals surface area contributed by atoms with Crippen molar-refractivity contribution in [2.75, 3.05) is 5.32 Å². The van der Waals surface area contributed by atoms with Crippen LogP contribution >= 0.6 is 0 Å². The molecule has 4 bridgehead atoms. The molecule has 4 saturated carbocycles. The van der Waals surface area contributed by atoms with Crippen molar-refractivity contribution >= 4 is 11.9 Å². The summed E-state index contributed by atoms with van der Waals surface area (Å²) in [6.45, 7) is 0.236. The number of hydrogen-bond acceptors (Lipinski definition) is 4. The lowest BCUT2D eigenvalue weighted by Crippen LogP contribution is -2.49. The van der Waals surface area contributed by atoms with Gasteiger partial charge in [0.15, 0.2) is 0 Å². The van der Waals surface area contributed by atoms with Crippen molar-refractivity contribution < 1.29 is 9.18 Å². The first kappa shape index (κ1) is 22.4. The van der Waals surface area contributed by atoms with E-state index in [9.17, 15) is 9.18 Å². The SMILES string of the molecule is O=C(Nc1ncn(Cc2ccccc2F)n1)c1cn(-c2ccccc2)nc1C12CC3CC(CC(C3)C1)C2. The van der Waals surface area contributed by atoms with E-state index in [0.29, 0.717) is 11.1 Å². The Labute approximate surface area is 214 Å². The maximum Gasteiger partial charge on any atom is 0.261 e. The molecule has 0 unspecified atom stereocenters. The molecule has 4 aliphatic rings. The van der Waals surface area contributed by atoms with Crippen LogP contribution in [0.3, 0.4) is 0 Å². The summed E-state index contributed by atoms with van der Waals surface area (Å²) in [6, 6.07) is 16.5. The van der Waals surface area contributed by atoms with Crippen molar-refractivity contribution in [3.8, 4) is 5.69 Å². The molecule has 0 radical (unpaired) electrons. The minimum absolute atomic E-state index is 0.0426. The number of halogens is 1. The minimum atomic E-state index is -0.294. The van der Waals surface area contributed by atoms with E-state index in [2.05, 4.69) is 15.4 Å². The molecule has 4 aromatic rings. The topological polar surface area (TPSA) is 77.6 Å². The monoisotopic (exact) mass is 496 g/mol. The average Bonchev–Trinajstić information content (AvgIpc) is 3.53. The molecule has 0 spiro atoms. The number of rotatable bonds is 6. The van der Waals surface area contributed by atoms with E-state index >= 15 is 0 Å². The van der Waals surface area contributed by atoms with Gasteiger partial charge in [-0.05, 0) is 74.5 Å². The molecule has 4 fully saturated rings. The van der Waals surface area contributed by atoms with Gasteiger partial charge < -0.3 is 0 Å². The number of benzene rings is 2. The molecule has 2 heterocycles. The Balaban J connectivity index is 1.20. The molecule has 0 atom stereocenters. The van der Waals surface area contributed by atoms with Crippen molar-refractivity contribution in [3.05, 3.63) is 89.8 Å². The molecule has 0 aliphatic heterocycles. The van der Waals surface area contributed by atoms with Gasteiger partial charge in [-0.2, -0.15) is 5.10 Å². The van der Waals surface area contributed by atoms with Crippen molar-refractivity contribution in [2.45, 2.75) is 50.5 Å². The highest BCUT2D eigenvalue weighted by Gasteiger charge is 2.54. The number of carbonyl (C=O) groups excluding carboxylic acids is 1. The molecule has 0 saturated heterocycles. The summed E-state index contributed by atoms with van der Waals surface area (Å²) in [5, 5.41) is 12.3. The van der Waals surface area contributed by atoms with Gasteiger partial charge in [0.05, 0.1) is 23.5 Å². The number of hydrogen-bond donors (Lipinski definition) is 1. The standard InChI is InChI=1S/C29H29FN6O/c30-25-9-5-4-6-22(25)16-35-18-31-28(34-35)32-27(37)24-17-36(23-7-2-1-3-8-23)33-26(24)29-13-19-10-20(14-29)12-21(11-19)15-29/h1-9,17-21H,10-16H2,(H,32,34,37). The summed E-state index contributed by atoms with van der Waals surface area (Å²) in [6.07, 6.45) is 10.7. The Kier molecular flexibility index (Phi) is 5.23. The largest absolute Gasteiger partial charge is 0.289 e. The highest BCUT2D eigenvalue weighted by Crippen LogP contribution is 2.60. The lowest BCUT2D eigenvalue weighted by atomic mass is 9.48. The van der Waals surface area contributed by atoms with Crippen LogP contribution < -0.4 is 5.32 Å². The summed E-state index contributed by atoms with van der Waals surface area (Å²) >= 11 is 0. The van der Waals surface area contributed by atoms with Crippen LogP contribution in [0, 0.1) is 23.6 Å². The third kappa shape index (κ3) is 4.04. The zero-order chi connectivity index (χ0) is 25.0. The predicted octanol–water partition coefficient (Wildman–Crippen LogP) is 5.37. The Morgan fingerprint density at radius 3 is 2.32 bits per heavy atom. The highest BCUT2D eigenvalue weighted by molar-refractivity contribution is 6.04. The predicted molar refractivity (Wildman–Crippen MR) is 137 cm³/mol. The smallest absolute Gasteiger partial charge is 0.261 e. The van der Waals surface area contributed by atoms with Gasteiger partial charge in [0.1, 0.15) is 12.1 Å². The fraction of sp³-hybridized carbons (Fsp3) is 0.379. The number of anilines is 1. The normalized spacial score (nSPS) is 25.9. The first-order valence-electron chi connectivity index (χ1n) is 13.1. The van der Waals surface area contributed by atoms with Crippen LogP contribution in [-0.2, 0) is 12.0 Å². The fourth-order valence-electron chi connectivity index (χ4n) is 7.44. The molecule has 8 rings (SSSR count). The maximum absolute atomic E-state index is 14.1. The summed E-state index contributed by atoms with van der Waals surface area (Å²) in [4.78, 5) is 17.9. The van der Waals surface area contributed by atoms with E-state index in [4.69, 9.17) is 5.10 Å². The van der Waals surface area contributed by atoms with E-state index < -0.39 is 0 Å². The van der Waals surface area contributed by atoms with E-state index in [1.165, 1.54) is 36.3 Å². The molecule has 188 valence electrons. The Morgan fingerprint density at radius 2 is 1.62 bits per heavy atom. The zero-order valence-electron chi connectivity index (χ0n) is 20.6. The van der Waals surface area contributed by atoms with Gasteiger partial charge in [-0.3, -0.25) is 10.1 Å². The van der Waals surface area contributed by atoms with Crippen LogP contribution in [0.4, 0.5) is 10.3 Å². The molecule has 2 aromatic heterocycles. The van der Waals surface area contributed by atoms with Gasteiger partial charge >= 0.3 is 0 Å². The van der Waals surface area contributed by atoms with Gasteiger partial charge in [0, 0.05) is 17.2 Å². The Morgan fingerprint density at radius 1 is 0.946 bits per heavy atom. The average molecular weight is 497 g/mol. The minimum Gasteiger partial charge on any atom is -0.289 e. The number of para-hydroxylation sites is 1.